The quantitative estimate of drug-likeness (QED) is 0.724. The Bertz CT molecular complexity index is 810. The van der Waals surface area contributed by atoms with Gasteiger partial charge in [-0.2, -0.15) is 0 Å². The lowest BCUT2D eigenvalue weighted by Crippen LogP contribution is -2.46. The van der Waals surface area contributed by atoms with Crippen LogP contribution >= 0.6 is 15.9 Å². The van der Waals surface area contributed by atoms with Crippen molar-refractivity contribution in [1.29, 1.82) is 0 Å². The first kappa shape index (κ1) is 17.5. The predicted molar refractivity (Wildman–Crippen MR) is 100 cm³/mol. The number of hydrogen-bond donors (Lipinski definition) is 0. The average Bonchev–Trinajstić information content (AvgIpc) is 3.29. The van der Waals surface area contributed by atoms with Crippen LogP contribution in [-0.2, 0) is 16.8 Å². The molecule has 0 spiro atoms. The van der Waals surface area contributed by atoms with Gasteiger partial charge < -0.3 is 18.8 Å². The summed E-state index contributed by atoms with van der Waals surface area (Å²) in [6.45, 7) is 0.698. The van der Waals surface area contributed by atoms with Crippen LogP contribution in [0, 0.1) is 0 Å². The minimum atomic E-state index is -0.502. The standard InChI is InChI=1S/C20H22BrNO4/c1-22(12-15-6-8-18(21)26-15)19(23)20(9-3-2-4-10-20)14-5-7-16-17(11-14)25-13-24-16/h5-8,11H,2-4,9-10,12-13H2,1H3. The van der Waals surface area contributed by atoms with Gasteiger partial charge in [-0.05, 0) is 58.6 Å². The van der Waals surface area contributed by atoms with Crippen LogP contribution in [0.2, 0.25) is 0 Å². The molecule has 0 unspecified atom stereocenters. The third-order valence-electron chi connectivity index (χ3n) is 5.41. The number of furan rings is 1. The number of fused-ring (bicyclic) bond motifs is 1. The summed E-state index contributed by atoms with van der Waals surface area (Å²) in [7, 11) is 1.85. The van der Waals surface area contributed by atoms with E-state index in [4.69, 9.17) is 13.9 Å². The Hall–Kier alpha value is -1.95. The molecule has 4 rings (SSSR count). The summed E-state index contributed by atoms with van der Waals surface area (Å²) in [5.41, 5.74) is 0.525. The summed E-state index contributed by atoms with van der Waals surface area (Å²) in [5, 5.41) is 0. The monoisotopic (exact) mass is 419 g/mol. The lowest BCUT2D eigenvalue weighted by atomic mass is 9.68. The van der Waals surface area contributed by atoms with E-state index in [9.17, 15) is 4.79 Å². The van der Waals surface area contributed by atoms with Crippen molar-refractivity contribution < 1.29 is 18.7 Å². The van der Waals surface area contributed by atoms with Crippen LogP contribution in [0.3, 0.4) is 0 Å². The van der Waals surface area contributed by atoms with Crippen molar-refractivity contribution in [3.05, 3.63) is 46.3 Å². The minimum Gasteiger partial charge on any atom is -0.454 e. The number of halogens is 1. The molecule has 0 saturated heterocycles. The largest absolute Gasteiger partial charge is 0.454 e. The molecule has 26 heavy (non-hydrogen) atoms. The van der Waals surface area contributed by atoms with E-state index >= 15 is 0 Å². The molecular formula is C20H22BrNO4. The van der Waals surface area contributed by atoms with Gasteiger partial charge in [0.15, 0.2) is 16.2 Å². The Balaban J connectivity index is 1.64. The second-order valence-corrected chi connectivity index (χ2v) is 7.86. The molecule has 0 radical (unpaired) electrons. The molecule has 0 atom stereocenters. The number of rotatable bonds is 4. The van der Waals surface area contributed by atoms with Gasteiger partial charge in [0.05, 0.1) is 12.0 Å². The van der Waals surface area contributed by atoms with Crippen LogP contribution < -0.4 is 9.47 Å². The molecule has 1 fully saturated rings. The number of carbonyl (C=O) groups is 1. The van der Waals surface area contributed by atoms with E-state index in [1.165, 1.54) is 6.42 Å². The van der Waals surface area contributed by atoms with Gasteiger partial charge in [0.2, 0.25) is 12.7 Å². The van der Waals surface area contributed by atoms with E-state index in [-0.39, 0.29) is 12.7 Å². The van der Waals surface area contributed by atoms with Gasteiger partial charge in [-0.15, -0.1) is 0 Å². The summed E-state index contributed by atoms with van der Waals surface area (Å²) in [5.74, 6) is 2.40. The summed E-state index contributed by atoms with van der Waals surface area (Å²) in [6, 6.07) is 9.67. The second-order valence-electron chi connectivity index (χ2n) is 7.08. The summed E-state index contributed by atoms with van der Waals surface area (Å²) < 4.78 is 17.2. The van der Waals surface area contributed by atoms with E-state index in [0.717, 1.165) is 48.5 Å². The molecule has 1 aliphatic heterocycles. The number of benzene rings is 1. The zero-order valence-corrected chi connectivity index (χ0v) is 16.4. The van der Waals surface area contributed by atoms with Crippen molar-refractivity contribution in [1.82, 2.24) is 4.90 Å². The molecule has 2 aromatic rings. The first-order valence-corrected chi connectivity index (χ1v) is 9.78. The fourth-order valence-electron chi connectivity index (χ4n) is 4.08. The molecule has 1 aliphatic carbocycles. The number of carbonyl (C=O) groups excluding carboxylic acids is 1. The molecule has 1 aromatic heterocycles. The maximum Gasteiger partial charge on any atom is 0.233 e. The van der Waals surface area contributed by atoms with Gasteiger partial charge in [-0.1, -0.05) is 25.3 Å². The molecular weight excluding hydrogens is 398 g/mol. The van der Waals surface area contributed by atoms with E-state index in [0.29, 0.717) is 11.2 Å². The Kier molecular flexibility index (Phi) is 4.69. The predicted octanol–water partition coefficient (Wildman–Crippen LogP) is 4.63. The zero-order chi connectivity index (χ0) is 18.1. The van der Waals surface area contributed by atoms with Crippen LogP contribution in [0.25, 0.3) is 0 Å². The first-order chi connectivity index (χ1) is 12.6. The average molecular weight is 420 g/mol. The lowest BCUT2D eigenvalue weighted by molar-refractivity contribution is -0.138. The van der Waals surface area contributed by atoms with Gasteiger partial charge in [0.25, 0.3) is 0 Å². The normalized spacial score (nSPS) is 17.9. The van der Waals surface area contributed by atoms with E-state index in [2.05, 4.69) is 15.9 Å². The third-order valence-corrected chi connectivity index (χ3v) is 5.84. The molecule has 138 valence electrons. The molecule has 6 heteroatoms. The molecule has 1 saturated carbocycles. The summed E-state index contributed by atoms with van der Waals surface area (Å²) >= 11 is 3.32. The minimum absolute atomic E-state index is 0.142. The van der Waals surface area contributed by atoms with Crippen molar-refractivity contribution in [2.45, 2.75) is 44.1 Å². The molecule has 0 bridgehead atoms. The second kappa shape index (κ2) is 6.99. The van der Waals surface area contributed by atoms with Crippen LogP contribution in [-0.4, -0.2) is 24.6 Å². The maximum atomic E-state index is 13.5. The highest BCUT2D eigenvalue weighted by atomic mass is 79.9. The highest BCUT2D eigenvalue weighted by molar-refractivity contribution is 9.10. The number of likely N-dealkylation sites (N-methyl/N-ethyl adjacent to an activating group) is 1. The van der Waals surface area contributed by atoms with Crippen LogP contribution in [0.15, 0.2) is 39.4 Å². The van der Waals surface area contributed by atoms with Crippen LogP contribution in [0.4, 0.5) is 0 Å². The Morgan fingerprint density at radius 1 is 1.12 bits per heavy atom. The summed E-state index contributed by atoms with van der Waals surface area (Å²) in [4.78, 5) is 15.3. The Labute approximate surface area is 161 Å². The smallest absolute Gasteiger partial charge is 0.233 e. The van der Waals surface area contributed by atoms with E-state index in [1.807, 2.05) is 37.4 Å². The Morgan fingerprint density at radius 2 is 1.88 bits per heavy atom. The fourth-order valence-corrected chi connectivity index (χ4v) is 4.42. The van der Waals surface area contributed by atoms with Crippen LogP contribution in [0.1, 0.15) is 43.4 Å². The topological polar surface area (TPSA) is 51.9 Å². The number of hydrogen-bond acceptors (Lipinski definition) is 4. The van der Waals surface area contributed by atoms with Crippen molar-refractivity contribution >= 4 is 21.8 Å². The van der Waals surface area contributed by atoms with Gasteiger partial charge in [-0.25, -0.2) is 0 Å². The number of amides is 1. The van der Waals surface area contributed by atoms with Crippen molar-refractivity contribution in [2.24, 2.45) is 0 Å². The highest BCUT2D eigenvalue weighted by Gasteiger charge is 2.43. The van der Waals surface area contributed by atoms with Crippen molar-refractivity contribution in [3.8, 4) is 11.5 Å². The van der Waals surface area contributed by atoms with Crippen molar-refractivity contribution in [3.63, 3.8) is 0 Å². The van der Waals surface area contributed by atoms with E-state index in [1.54, 1.807) is 4.90 Å². The van der Waals surface area contributed by atoms with Crippen LogP contribution in [0.5, 0.6) is 11.5 Å². The third kappa shape index (κ3) is 3.11. The Morgan fingerprint density at radius 3 is 2.62 bits per heavy atom. The summed E-state index contributed by atoms with van der Waals surface area (Å²) in [6.07, 6.45) is 5.00. The van der Waals surface area contributed by atoms with Gasteiger partial charge in [-0.3, -0.25) is 4.79 Å². The fraction of sp³-hybridized carbons (Fsp3) is 0.450. The van der Waals surface area contributed by atoms with Gasteiger partial charge in [0.1, 0.15) is 5.76 Å². The SMILES string of the molecule is CN(Cc1ccc(Br)o1)C(=O)C1(c2ccc3c(c2)OCO3)CCCCC1. The lowest BCUT2D eigenvalue weighted by Gasteiger charge is -2.39. The molecule has 0 N–H and O–H groups in total. The van der Waals surface area contributed by atoms with Crippen molar-refractivity contribution in [2.75, 3.05) is 13.8 Å². The zero-order valence-electron chi connectivity index (χ0n) is 14.8. The van der Waals surface area contributed by atoms with Gasteiger partial charge >= 0.3 is 0 Å². The number of nitrogens with zero attached hydrogens (tertiary/aromatic N) is 1. The molecule has 1 amide bonds. The molecule has 2 aliphatic rings. The highest BCUT2D eigenvalue weighted by Crippen LogP contribution is 2.44. The molecule has 2 heterocycles. The molecule has 1 aromatic carbocycles. The number of ether oxygens (including phenoxy) is 2. The van der Waals surface area contributed by atoms with E-state index < -0.39 is 5.41 Å². The van der Waals surface area contributed by atoms with Gasteiger partial charge in [0, 0.05) is 7.05 Å². The first-order valence-electron chi connectivity index (χ1n) is 8.98. The molecule has 5 nitrogen and oxygen atoms in total. The maximum absolute atomic E-state index is 13.5.